The number of aromatic nitrogens is 8. The maximum Gasteiger partial charge on any atom is 0.148 e. The lowest BCUT2D eigenvalue weighted by Gasteiger charge is -2.26. The number of nitrogens with one attached hydrogen (secondary N) is 2. The molecule has 2 heterocycles. The van der Waals surface area contributed by atoms with Crippen LogP contribution in [0.1, 0.15) is 77.9 Å². The highest BCUT2D eigenvalue weighted by Crippen LogP contribution is 2.31. The molecule has 2 unspecified atom stereocenters. The Hall–Kier alpha value is -1.16. The van der Waals surface area contributed by atoms with Crippen LogP contribution < -0.4 is 0 Å². The van der Waals surface area contributed by atoms with E-state index < -0.39 is 0 Å². The van der Waals surface area contributed by atoms with E-state index in [2.05, 4.69) is 68.9 Å². The third kappa shape index (κ3) is 8.89. The summed E-state index contributed by atoms with van der Waals surface area (Å²) in [6, 6.07) is 0. The van der Waals surface area contributed by atoms with Gasteiger partial charge in [0.25, 0.3) is 0 Å². The molecule has 0 fully saturated rings. The third-order valence-corrected chi connectivity index (χ3v) is 6.25. The molecule has 0 saturated carbocycles. The van der Waals surface area contributed by atoms with Crippen molar-refractivity contribution in [3.63, 3.8) is 0 Å². The SMILES string of the molecule is CC(C)(CCC(S)CCC(S)CCC(C)(C)Cc1nnn[nH]1)Cc1nnn[nH]1. The Morgan fingerprint density at radius 3 is 1.43 bits per heavy atom. The topological polar surface area (TPSA) is 109 Å². The van der Waals surface area contributed by atoms with Gasteiger partial charge in [0.05, 0.1) is 0 Å². The van der Waals surface area contributed by atoms with Crippen LogP contribution in [0.25, 0.3) is 0 Å². The lowest BCUT2D eigenvalue weighted by molar-refractivity contribution is 0.306. The van der Waals surface area contributed by atoms with Crippen LogP contribution in [0.5, 0.6) is 0 Å². The van der Waals surface area contributed by atoms with Gasteiger partial charge in [-0.05, 0) is 70.2 Å². The molecule has 28 heavy (non-hydrogen) atoms. The average molecular weight is 427 g/mol. The smallest absolute Gasteiger partial charge is 0.148 e. The summed E-state index contributed by atoms with van der Waals surface area (Å²) in [5, 5.41) is 29.1. The highest BCUT2D eigenvalue weighted by Gasteiger charge is 2.23. The fourth-order valence-electron chi connectivity index (χ4n) is 3.38. The standard InChI is InChI=1S/C18H34N8S2/c1-17(2,11-15-19-23-24-20-15)9-7-13(27)5-6-14(28)8-10-18(3,4)12-16-21-25-26-22-16/h13-14,27-28H,5-12H2,1-4H3,(H,19,20,23,24)(H,21,22,25,26). The summed E-state index contributed by atoms with van der Waals surface area (Å²) >= 11 is 9.61. The molecule has 2 N–H and O–H groups in total. The molecular weight excluding hydrogens is 392 g/mol. The molecule has 10 heteroatoms. The second-order valence-corrected chi connectivity index (χ2v) is 10.8. The van der Waals surface area contributed by atoms with E-state index in [0.717, 1.165) is 63.0 Å². The summed E-state index contributed by atoms with van der Waals surface area (Å²) in [5.41, 5.74) is 0.310. The first-order chi connectivity index (χ1) is 13.2. The highest BCUT2D eigenvalue weighted by atomic mass is 32.1. The molecule has 0 aliphatic rings. The molecule has 2 aromatic rings. The minimum Gasteiger partial charge on any atom is -0.243 e. The zero-order chi connectivity index (χ0) is 20.6. The fourth-order valence-corrected chi connectivity index (χ4v) is 3.94. The van der Waals surface area contributed by atoms with E-state index in [1.807, 2.05) is 0 Å². The molecule has 8 nitrogen and oxygen atoms in total. The molecule has 2 atom stereocenters. The van der Waals surface area contributed by atoms with E-state index in [4.69, 9.17) is 25.3 Å². The van der Waals surface area contributed by atoms with Gasteiger partial charge in [-0.15, -0.1) is 10.2 Å². The van der Waals surface area contributed by atoms with Crippen LogP contribution in [-0.2, 0) is 12.8 Å². The van der Waals surface area contributed by atoms with E-state index in [-0.39, 0.29) is 10.8 Å². The molecular formula is C18H34N8S2. The number of thiol groups is 2. The molecule has 0 spiro atoms. The zero-order valence-corrected chi connectivity index (χ0v) is 19.2. The maximum atomic E-state index is 4.81. The van der Waals surface area contributed by atoms with Crippen LogP contribution in [0.15, 0.2) is 0 Å². The van der Waals surface area contributed by atoms with Gasteiger partial charge in [-0.2, -0.15) is 25.3 Å². The number of aromatic amines is 2. The monoisotopic (exact) mass is 426 g/mol. The summed E-state index contributed by atoms with van der Waals surface area (Å²) < 4.78 is 0. The Morgan fingerprint density at radius 2 is 1.11 bits per heavy atom. The van der Waals surface area contributed by atoms with Crippen molar-refractivity contribution in [3.05, 3.63) is 11.6 Å². The van der Waals surface area contributed by atoms with Crippen molar-refractivity contribution in [1.82, 2.24) is 41.2 Å². The number of H-pyrrole nitrogens is 2. The first-order valence-electron chi connectivity index (χ1n) is 9.97. The Labute approximate surface area is 178 Å². The van der Waals surface area contributed by atoms with Crippen LogP contribution >= 0.6 is 25.3 Å². The van der Waals surface area contributed by atoms with Crippen molar-refractivity contribution in [2.24, 2.45) is 10.8 Å². The van der Waals surface area contributed by atoms with Gasteiger partial charge in [-0.25, -0.2) is 10.2 Å². The fraction of sp³-hybridized carbons (Fsp3) is 0.889. The quantitative estimate of drug-likeness (QED) is 0.365. The number of hydrogen-bond acceptors (Lipinski definition) is 8. The normalized spacial score (nSPS) is 14.9. The molecule has 158 valence electrons. The van der Waals surface area contributed by atoms with Crippen molar-refractivity contribution in [3.8, 4) is 0 Å². The number of tetrazole rings is 2. The number of hydrogen-bond donors (Lipinski definition) is 4. The van der Waals surface area contributed by atoms with Gasteiger partial charge in [0, 0.05) is 23.3 Å². The van der Waals surface area contributed by atoms with Gasteiger partial charge >= 0.3 is 0 Å². The van der Waals surface area contributed by atoms with E-state index in [1.165, 1.54) is 0 Å². The maximum absolute atomic E-state index is 4.81. The second kappa shape index (κ2) is 10.6. The molecule has 0 amide bonds. The summed E-state index contributed by atoms with van der Waals surface area (Å²) in [6.45, 7) is 9.01. The predicted molar refractivity (Wildman–Crippen MR) is 117 cm³/mol. The van der Waals surface area contributed by atoms with Crippen molar-refractivity contribution in [2.45, 2.75) is 89.6 Å². The molecule has 2 rings (SSSR count). The minimum atomic E-state index is 0.155. The molecule has 0 radical (unpaired) electrons. The van der Waals surface area contributed by atoms with Crippen molar-refractivity contribution < 1.29 is 0 Å². The molecule has 0 aliphatic heterocycles. The van der Waals surface area contributed by atoms with Crippen LogP contribution in [-0.4, -0.2) is 51.7 Å². The van der Waals surface area contributed by atoms with Gasteiger partial charge in [0.1, 0.15) is 11.6 Å². The third-order valence-electron chi connectivity index (χ3n) is 5.21. The van der Waals surface area contributed by atoms with Gasteiger partial charge < -0.3 is 0 Å². The Morgan fingerprint density at radius 1 is 0.714 bits per heavy atom. The lowest BCUT2D eigenvalue weighted by Crippen LogP contribution is -2.19. The highest BCUT2D eigenvalue weighted by molar-refractivity contribution is 7.81. The summed E-state index contributed by atoms with van der Waals surface area (Å²) in [7, 11) is 0. The summed E-state index contributed by atoms with van der Waals surface area (Å²) in [6.07, 6.45) is 8.24. The van der Waals surface area contributed by atoms with Crippen molar-refractivity contribution >= 4 is 25.3 Å². The van der Waals surface area contributed by atoms with E-state index in [1.54, 1.807) is 0 Å². The van der Waals surface area contributed by atoms with Crippen molar-refractivity contribution in [1.29, 1.82) is 0 Å². The molecule has 2 aromatic heterocycles. The largest absolute Gasteiger partial charge is 0.243 e. The Bertz CT molecular complexity index is 599. The number of nitrogens with zero attached hydrogens (tertiary/aromatic N) is 6. The van der Waals surface area contributed by atoms with Gasteiger partial charge in [0.15, 0.2) is 0 Å². The van der Waals surface area contributed by atoms with Crippen LogP contribution in [0, 0.1) is 10.8 Å². The molecule has 0 aliphatic carbocycles. The van der Waals surface area contributed by atoms with Gasteiger partial charge in [-0.3, -0.25) is 0 Å². The van der Waals surface area contributed by atoms with Crippen LogP contribution in [0.2, 0.25) is 0 Å². The zero-order valence-electron chi connectivity index (χ0n) is 17.4. The number of rotatable bonds is 13. The first kappa shape index (κ1) is 23.1. The van der Waals surface area contributed by atoms with Crippen LogP contribution in [0.4, 0.5) is 0 Å². The minimum absolute atomic E-state index is 0.155. The van der Waals surface area contributed by atoms with Crippen LogP contribution in [0.3, 0.4) is 0 Å². The van der Waals surface area contributed by atoms with Crippen molar-refractivity contribution in [2.75, 3.05) is 0 Å². The molecule has 0 aromatic carbocycles. The Balaban J connectivity index is 1.62. The Kier molecular flexibility index (Phi) is 8.73. The average Bonchev–Trinajstić information content (AvgIpc) is 3.30. The van der Waals surface area contributed by atoms with E-state index in [9.17, 15) is 0 Å². The first-order valence-corrected chi connectivity index (χ1v) is 11.0. The van der Waals surface area contributed by atoms with E-state index >= 15 is 0 Å². The summed E-state index contributed by atoms with van der Waals surface area (Å²) in [5.74, 6) is 1.69. The second-order valence-electron chi connectivity index (χ2n) is 9.34. The predicted octanol–water partition coefficient (Wildman–Crippen LogP) is 3.49. The molecule has 0 bridgehead atoms. The van der Waals surface area contributed by atoms with Gasteiger partial charge in [0.2, 0.25) is 0 Å². The van der Waals surface area contributed by atoms with Gasteiger partial charge in [-0.1, -0.05) is 27.7 Å². The van der Waals surface area contributed by atoms with E-state index in [0.29, 0.717) is 10.5 Å². The molecule has 0 saturated heterocycles. The lowest BCUT2D eigenvalue weighted by atomic mass is 9.82. The summed E-state index contributed by atoms with van der Waals surface area (Å²) in [4.78, 5) is 0.